The molecular formula is C23H28FN3O4S. The van der Waals surface area contributed by atoms with Gasteiger partial charge in [0.25, 0.3) is 5.69 Å². The normalized spacial score (nSPS) is 11.6. The van der Waals surface area contributed by atoms with Crippen LogP contribution in [-0.2, 0) is 21.9 Å². The third-order valence-corrected chi connectivity index (χ3v) is 5.93. The number of carbonyl (C=O) groups excluding carboxylic acids is 2. The van der Waals surface area contributed by atoms with E-state index in [4.69, 9.17) is 0 Å². The summed E-state index contributed by atoms with van der Waals surface area (Å²) in [5.74, 6) is -0.406. The van der Waals surface area contributed by atoms with Gasteiger partial charge in [-0.1, -0.05) is 43.7 Å². The number of nitrogens with zero attached hydrogens (tertiary/aromatic N) is 2. The second-order valence-corrected chi connectivity index (χ2v) is 8.34. The van der Waals surface area contributed by atoms with E-state index in [1.54, 1.807) is 37.3 Å². The first kappa shape index (κ1) is 25.3. The second kappa shape index (κ2) is 12.8. The number of thioether (sulfide) groups is 1. The molecule has 1 N–H and O–H groups in total. The van der Waals surface area contributed by atoms with E-state index in [0.29, 0.717) is 17.9 Å². The van der Waals surface area contributed by atoms with Crippen LogP contribution in [0.3, 0.4) is 0 Å². The van der Waals surface area contributed by atoms with Gasteiger partial charge in [-0.3, -0.25) is 19.7 Å². The summed E-state index contributed by atoms with van der Waals surface area (Å²) in [6.07, 6.45) is 1.77. The Kier molecular flexibility index (Phi) is 10.1. The molecule has 0 radical (unpaired) electrons. The van der Waals surface area contributed by atoms with E-state index < -0.39 is 16.8 Å². The highest BCUT2D eigenvalue weighted by atomic mass is 32.2. The number of carbonyl (C=O) groups is 2. The minimum Gasteiger partial charge on any atom is -0.354 e. The van der Waals surface area contributed by atoms with Crippen molar-refractivity contribution in [2.75, 3.05) is 12.3 Å². The molecule has 2 rings (SSSR count). The van der Waals surface area contributed by atoms with Crippen molar-refractivity contribution in [2.24, 2.45) is 0 Å². The monoisotopic (exact) mass is 461 g/mol. The number of nitro groups is 1. The first-order valence-electron chi connectivity index (χ1n) is 10.4. The fourth-order valence-corrected chi connectivity index (χ4v) is 3.85. The highest BCUT2D eigenvalue weighted by Gasteiger charge is 2.26. The van der Waals surface area contributed by atoms with Crippen LogP contribution in [-0.4, -0.2) is 40.0 Å². The zero-order valence-corrected chi connectivity index (χ0v) is 19.1. The number of hydrogen-bond donors (Lipinski definition) is 1. The first-order chi connectivity index (χ1) is 15.3. The highest BCUT2D eigenvalue weighted by Crippen LogP contribution is 2.19. The Bertz CT molecular complexity index is 924. The van der Waals surface area contributed by atoms with Crippen LogP contribution in [0.4, 0.5) is 10.1 Å². The van der Waals surface area contributed by atoms with E-state index >= 15 is 0 Å². The molecule has 0 bridgehead atoms. The van der Waals surface area contributed by atoms with Crippen molar-refractivity contribution in [3.8, 4) is 0 Å². The van der Waals surface area contributed by atoms with Gasteiger partial charge in [0.15, 0.2) is 0 Å². The maximum atomic E-state index is 14.2. The number of nitrogens with one attached hydrogen (secondary N) is 1. The van der Waals surface area contributed by atoms with Gasteiger partial charge in [0.05, 0.1) is 10.7 Å². The summed E-state index contributed by atoms with van der Waals surface area (Å²) in [5.41, 5.74) is 1.20. The summed E-state index contributed by atoms with van der Waals surface area (Å²) in [6.45, 7) is 4.18. The summed E-state index contributed by atoms with van der Waals surface area (Å²) in [4.78, 5) is 37.2. The van der Waals surface area contributed by atoms with Crippen molar-refractivity contribution in [3.63, 3.8) is 0 Å². The van der Waals surface area contributed by atoms with E-state index in [1.807, 2.05) is 6.92 Å². The number of hydrogen-bond acceptors (Lipinski definition) is 5. The Hall–Kier alpha value is -2.94. The summed E-state index contributed by atoms with van der Waals surface area (Å²) in [5, 5.41) is 13.6. The van der Waals surface area contributed by atoms with Crippen LogP contribution >= 0.6 is 11.8 Å². The van der Waals surface area contributed by atoms with E-state index in [2.05, 4.69) is 5.32 Å². The maximum absolute atomic E-state index is 14.2. The smallest absolute Gasteiger partial charge is 0.269 e. The van der Waals surface area contributed by atoms with E-state index in [0.717, 1.165) is 18.4 Å². The average molecular weight is 462 g/mol. The lowest BCUT2D eigenvalue weighted by molar-refractivity contribution is -0.384. The van der Waals surface area contributed by atoms with E-state index in [1.165, 1.54) is 34.9 Å². The van der Waals surface area contributed by atoms with Crippen molar-refractivity contribution in [2.45, 2.75) is 45.0 Å². The summed E-state index contributed by atoms with van der Waals surface area (Å²) in [6, 6.07) is 11.6. The van der Waals surface area contributed by atoms with Crippen LogP contribution in [0, 0.1) is 15.9 Å². The minimum absolute atomic E-state index is 0.00797. The number of unbranched alkanes of at least 4 members (excludes halogenated alkanes) is 1. The zero-order valence-electron chi connectivity index (χ0n) is 18.3. The van der Waals surface area contributed by atoms with Crippen molar-refractivity contribution < 1.29 is 18.9 Å². The molecule has 0 aromatic heterocycles. The Morgan fingerprint density at radius 1 is 1.19 bits per heavy atom. The Morgan fingerprint density at radius 2 is 1.88 bits per heavy atom. The molecule has 32 heavy (non-hydrogen) atoms. The van der Waals surface area contributed by atoms with Crippen LogP contribution in [0.15, 0.2) is 48.5 Å². The van der Waals surface area contributed by atoms with Crippen molar-refractivity contribution in [3.05, 3.63) is 75.6 Å². The van der Waals surface area contributed by atoms with Crippen molar-refractivity contribution in [1.29, 1.82) is 0 Å². The van der Waals surface area contributed by atoms with Gasteiger partial charge in [-0.05, 0) is 25.0 Å². The Morgan fingerprint density at radius 3 is 2.50 bits per heavy atom. The van der Waals surface area contributed by atoms with Crippen molar-refractivity contribution >= 4 is 29.3 Å². The fraction of sp³-hybridized carbons (Fsp3) is 0.391. The van der Waals surface area contributed by atoms with Gasteiger partial charge in [0.2, 0.25) is 11.8 Å². The van der Waals surface area contributed by atoms with Gasteiger partial charge in [0, 0.05) is 36.5 Å². The minimum atomic E-state index is -0.751. The zero-order chi connectivity index (χ0) is 23.5. The van der Waals surface area contributed by atoms with E-state index in [9.17, 15) is 24.1 Å². The molecule has 2 aromatic carbocycles. The van der Waals surface area contributed by atoms with Crippen LogP contribution in [0.2, 0.25) is 0 Å². The molecule has 0 aliphatic carbocycles. The quantitative estimate of drug-likeness (QED) is 0.289. The molecule has 1 unspecified atom stereocenters. The molecule has 0 aliphatic heterocycles. The Balaban J connectivity index is 2.04. The summed E-state index contributed by atoms with van der Waals surface area (Å²) >= 11 is 1.34. The topological polar surface area (TPSA) is 92.6 Å². The summed E-state index contributed by atoms with van der Waals surface area (Å²) in [7, 11) is 0. The molecule has 0 saturated heterocycles. The molecule has 0 heterocycles. The lowest BCUT2D eigenvalue weighted by Gasteiger charge is -2.29. The molecule has 2 amide bonds. The number of amides is 2. The predicted octanol–water partition coefficient (Wildman–Crippen LogP) is 4.30. The molecule has 0 saturated carbocycles. The molecular weight excluding hydrogens is 433 g/mol. The van der Waals surface area contributed by atoms with Crippen LogP contribution < -0.4 is 5.32 Å². The molecule has 172 valence electrons. The van der Waals surface area contributed by atoms with Crippen LogP contribution in [0.1, 0.15) is 37.8 Å². The number of benzene rings is 2. The Labute approximate surface area is 191 Å². The predicted molar refractivity (Wildman–Crippen MR) is 124 cm³/mol. The average Bonchev–Trinajstić information content (AvgIpc) is 2.78. The molecule has 0 fully saturated rings. The summed E-state index contributed by atoms with van der Waals surface area (Å²) < 4.78 is 14.2. The number of nitro benzene ring substituents is 1. The standard InChI is InChI=1S/C23H28FN3O4S/c1-3-4-13-25-23(29)17(2)26(14-19-7-5-6-8-21(19)24)22(28)16-32-15-18-9-11-20(12-10-18)27(30)31/h5-12,17H,3-4,13-16H2,1-2H3,(H,25,29). The molecule has 1 atom stereocenters. The lowest BCUT2D eigenvalue weighted by Crippen LogP contribution is -2.48. The van der Waals surface area contributed by atoms with Gasteiger partial charge in [0.1, 0.15) is 11.9 Å². The second-order valence-electron chi connectivity index (χ2n) is 7.35. The molecule has 9 heteroatoms. The molecule has 7 nitrogen and oxygen atoms in total. The number of halogens is 1. The van der Waals surface area contributed by atoms with Crippen molar-refractivity contribution in [1.82, 2.24) is 10.2 Å². The number of non-ortho nitro benzene ring substituents is 1. The molecule has 2 aromatic rings. The lowest BCUT2D eigenvalue weighted by atomic mass is 10.1. The first-order valence-corrected chi connectivity index (χ1v) is 11.6. The van der Waals surface area contributed by atoms with Gasteiger partial charge >= 0.3 is 0 Å². The third-order valence-electron chi connectivity index (χ3n) is 4.94. The van der Waals surface area contributed by atoms with Gasteiger partial charge in [-0.2, -0.15) is 0 Å². The van der Waals surface area contributed by atoms with Crippen LogP contribution in [0.25, 0.3) is 0 Å². The maximum Gasteiger partial charge on any atom is 0.269 e. The molecule has 0 aliphatic rings. The van der Waals surface area contributed by atoms with Gasteiger partial charge in [-0.25, -0.2) is 4.39 Å². The number of rotatable bonds is 12. The van der Waals surface area contributed by atoms with Gasteiger partial charge in [-0.15, -0.1) is 11.8 Å². The largest absolute Gasteiger partial charge is 0.354 e. The van der Waals surface area contributed by atoms with E-state index in [-0.39, 0.29) is 29.8 Å². The SMILES string of the molecule is CCCCNC(=O)C(C)N(Cc1ccccc1F)C(=O)CSCc1ccc([N+](=O)[O-])cc1. The van der Waals surface area contributed by atoms with Gasteiger partial charge < -0.3 is 10.2 Å². The third kappa shape index (κ3) is 7.64. The van der Waals surface area contributed by atoms with Crippen LogP contribution in [0.5, 0.6) is 0 Å². The fourth-order valence-electron chi connectivity index (χ4n) is 2.98. The molecule has 0 spiro atoms. The highest BCUT2D eigenvalue weighted by molar-refractivity contribution is 7.99.